The van der Waals surface area contributed by atoms with Crippen LogP contribution in [0.15, 0.2) is 36.9 Å². The molecule has 6 nitrogen and oxygen atoms in total. The zero-order valence-electron chi connectivity index (χ0n) is 11.7. The Bertz CT molecular complexity index is 759. The van der Waals surface area contributed by atoms with Gasteiger partial charge in [0.1, 0.15) is 0 Å². The fraction of sp³-hybridized carbons (Fsp3) is 0.286. The lowest BCUT2D eigenvalue weighted by Gasteiger charge is -2.15. The summed E-state index contributed by atoms with van der Waals surface area (Å²) in [5.41, 5.74) is 1.32. The Morgan fingerprint density at radius 3 is 2.77 bits per heavy atom. The summed E-state index contributed by atoms with van der Waals surface area (Å²) >= 11 is 0. The van der Waals surface area contributed by atoms with Gasteiger partial charge in [-0.15, -0.1) is 10.2 Å². The molecule has 0 amide bonds. The van der Waals surface area contributed by atoms with Crippen LogP contribution in [-0.4, -0.2) is 37.1 Å². The molecule has 0 saturated heterocycles. The maximum absolute atomic E-state index is 12.7. The van der Waals surface area contributed by atoms with Crippen molar-refractivity contribution in [3.8, 4) is 17.3 Å². The molecule has 0 saturated carbocycles. The minimum absolute atomic E-state index is 0.159. The van der Waals surface area contributed by atoms with Gasteiger partial charge in [0.25, 0.3) is 6.43 Å². The van der Waals surface area contributed by atoms with Crippen molar-refractivity contribution in [2.45, 2.75) is 25.9 Å². The van der Waals surface area contributed by atoms with Gasteiger partial charge in [-0.25, -0.2) is 13.8 Å². The maximum Gasteiger partial charge on any atom is 0.274 e. The van der Waals surface area contributed by atoms with E-state index in [-0.39, 0.29) is 12.3 Å². The number of pyridine rings is 1. The van der Waals surface area contributed by atoms with Crippen LogP contribution < -0.4 is 4.74 Å². The lowest BCUT2D eigenvalue weighted by atomic mass is 10.2. The van der Waals surface area contributed by atoms with Crippen molar-refractivity contribution < 1.29 is 13.5 Å². The monoisotopic (exact) mass is 305 g/mol. The Kier molecular flexibility index (Phi) is 3.90. The Labute approximate surface area is 124 Å². The Hall–Kier alpha value is -2.64. The predicted octanol–water partition coefficient (Wildman–Crippen LogP) is 2.61. The number of hydrogen-bond acceptors (Lipinski definition) is 5. The van der Waals surface area contributed by atoms with E-state index in [1.54, 1.807) is 42.0 Å². The van der Waals surface area contributed by atoms with Crippen LogP contribution in [0, 0.1) is 0 Å². The van der Waals surface area contributed by atoms with E-state index in [1.165, 1.54) is 6.20 Å². The van der Waals surface area contributed by atoms with E-state index in [0.29, 0.717) is 17.0 Å². The molecular formula is C14H13F2N5O. The number of hydrogen-bond donors (Lipinski definition) is 0. The highest BCUT2D eigenvalue weighted by Crippen LogP contribution is 2.21. The second kappa shape index (κ2) is 6.00. The average Bonchev–Trinajstić information content (AvgIpc) is 2.97. The number of aromatic nitrogens is 5. The number of halogens is 2. The summed E-state index contributed by atoms with van der Waals surface area (Å²) in [6, 6.07) is 3.25. The van der Waals surface area contributed by atoms with E-state index in [1.807, 2.05) is 0 Å². The van der Waals surface area contributed by atoms with Gasteiger partial charge in [0.2, 0.25) is 5.88 Å². The molecule has 3 aromatic heterocycles. The Morgan fingerprint density at radius 1 is 1.23 bits per heavy atom. The second-order valence-corrected chi connectivity index (χ2v) is 4.61. The van der Waals surface area contributed by atoms with Gasteiger partial charge in [0.15, 0.2) is 17.6 Å². The minimum atomic E-state index is -2.54. The third-order valence-corrected chi connectivity index (χ3v) is 3.16. The summed E-state index contributed by atoms with van der Waals surface area (Å²) in [5, 5.41) is 8.07. The summed E-state index contributed by atoms with van der Waals surface area (Å²) in [7, 11) is 0. The fourth-order valence-corrected chi connectivity index (χ4v) is 2.00. The molecule has 114 valence electrons. The normalized spacial score (nSPS) is 12.7. The largest absolute Gasteiger partial charge is 0.468 e. The zero-order valence-corrected chi connectivity index (χ0v) is 11.7. The SMILES string of the molecule is CCC(Oc1ccc(-c2nnc3cnccn23)cn1)C(F)F. The minimum Gasteiger partial charge on any atom is -0.468 e. The fourth-order valence-electron chi connectivity index (χ4n) is 2.00. The molecule has 0 N–H and O–H groups in total. The highest BCUT2D eigenvalue weighted by atomic mass is 19.3. The number of alkyl halides is 2. The summed E-state index contributed by atoms with van der Waals surface area (Å²) in [6.07, 6.45) is 2.99. The summed E-state index contributed by atoms with van der Waals surface area (Å²) < 4.78 is 32.3. The molecule has 1 atom stereocenters. The van der Waals surface area contributed by atoms with E-state index >= 15 is 0 Å². The standard InChI is InChI=1S/C14H13F2N5O/c1-2-10(13(15)16)22-12-4-3-9(7-18-12)14-20-19-11-8-17-5-6-21(11)14/h3-8,10,13H,2H2,1H3. The number of rotatable bonds is 5. The first kappa shape index (κ1) is 14.3. The van der Waals surface area contributed by atoms with Crippen molar-refractivity contribution in [1.29, 1.82) is 0 Å². The third kappa shape index (κ3) is 2.72. The van der Waals surface area contributed by atoms with Gasteiger partial charge >= 0.3 is 0 Å². The van der Waals surface area contributed by atoms with E-state index in [4.69, 9.17) is 4.74 Å². The molecule has 0 aromatic carbocycles. The quantitative estimate of drug-likeness (QED) is 0.725. The molecule has 0 radical (unpaired) electrons. The van der Waals surface area contributed by atoms with Crippen LogP contribution in [0.5, 0.6) is 5.88 Å². The van der Waals surface area contributed by atoms with Crippen LogP contribution in [0.3, 0.4) is 0 Å². The molecule has 0 bridgehead atoms. The molecular weight excluding hydrogens is 292 g/mol. The van der Waals surface area contributed by atoms with Crippen molar-refractivity contribution in [2.75, 3.05) is 0 Å². The molecule has 0 fully saturated rings. The topological polar surface area (TPSA) is 65.2 Å². The molecule has 0 aliphatic heterocycles. The molecule has 3 heterocycles. The third-order valence-electron chi connectivity index (χ3n) is 3.16. The van der Waals surface area contributed by atoms with E-state index < -0.39 is 12.5 Å². The molecule has 3 rings (SSSR count). The lowest BCUT2D eigenvalue weighted by molar-refractivity contribution is 0.00746. The molecule has 1 unspecified atom stereocenters. The van der Waals surface area contributed by atoms with Gasteiger partial charge < -0.3 is 4.74 Å². The molecule has 0 spiro atoms. The van der Waals surface area contributed by atoms with Crippen molar-refractivity contribution in [3.63, 3.8) is 0 Å². The first-order valence-electron chi connectivity index (χ1n) is 6.75. The van der Waals surface area contributed by atoms with Crippen molar-refractivity contribution >= 4 is 5.65 Å². The highest BCUT2D eigenvalue weighted by Gasteiger charge is 2.20. The molecule has 0 aliphatic rings. The molecule has 22 heavy (non-hydrogen) atoms. The van der Waals surface area contributed by atoms with Crippen molar-refractivity contribution in [2.24, 2.45) is 0 Å². The first-order chi connectivity index (χ1) is 10.7. The molecule has 8 heteroatoms. The van der Waals surface area contributed by atoms with Gasteiger partial charge in [-0.1, -0.05) is 6.92 Å². The Balaban J connectivity index is 1.85. The van der Waals surface area contributed by atoms with Crippen LogP contribution in [-0.2, 0) is 0 Å². The van der Waals surface area contributed by atoms with Gasteiger partial charge in [-0.05, 0) is 12.5 Å². The maximum atomic E-state index is 12.7. The van der Waals surface area contributed by atoms with Crippen LogP contribution in [0.1, 0.15) is 13.3 Å². The number of ether oxygens (including phenoxy) is 1. The zero-order chi connectivity index (χ0) is 15.5. The smallest absolute Gasteiger partial charge is 0.274 e. The predicted molar refractivity (Wildman–Crippen MR) is 74.7 cm³/mol. The first-order valence-corrected chi connectivity index (χ1v) is 6.75. The summed E-state index contributed by atoms with van der Waals surface area (Å²) in [6.45, 7) is 1.64. The van der Waals surface area contributed by atoms with Gasteiger partial charge in [0.05, 0.1) is 6.20 Å². The average molecular weight is 305 g/mol. The van der Waals surface area contributed by atoms with Gasteiger partial charge in [-0.2, -0.15) is 0 Å². The van der Waals surface area contributed by atoms with Gasteiger partial charge in [-0.3, -0.25) is 9.38 Å². The number of fused-ring (bicyclic) bond motifs is 1. The number of nitrogens with zero attached hydrogens (tertiary/aromatic N) is 5. The van der Waals surface area contributed by atoms with Crippen LogP contribution in [0.2, 0.25) is 0 Å². The van der Waals surface area contributed by atoms with Crippen LogP contribution >= 0.6 is 0 Å². The van der Waals surface area contributed by atoms with Crippen molar-refractivity contribution in [3.05, 3.63) is 36.9 Å². The van der Waals surface area contributed by atoms with Crippen LogP contribution in [0.4, 0.5) is 8.78 Å². The molecule has 3 aromatic rings. The van der Waals surface area contributed by atoms with Crippen LogP contribution in [0.25, 0.3) is 17.0 Å². The highest BCUT2D eigenvalue weighted by molar-refractivity contribution is 5.58. The summed E-state index contributed by atoms with van der Waals surface area (Å²) in [5.74, 6) is 0.753. The van der Waals surface area contributed by atoms with E-state index in [9.17, 15) is 8.78 Å². The Morgan fingerprint density at radius 2 is 2.09 bits per heavy atom. The molecule has 0 aliphatic carbocycles. The lowest BCUT2D eigenvalue weighted by Crippen LogP contribution is -2.24. The second-order valence-electron chi connectivity index (χ2n) is 4.61. The van der Waals surface area contributed by atoms with E-state index in [0.717, 1.165) is 0 Å². The van der Waals surface area contributed by atoms with Gasteiger partial charge in [0, 0.05) is 30.2 Å². The van der Waals surface area contributed by atoms with Crippen molar-refractivity contribution in [1.82, 2.24) is 24.6 Å². The van der Waals surface area contributed by atoms with E-state index in [2.05, 4.69) is 20.2 Å². The summed E-state index contributed by atoms with van der Waals surface area (Å²) in [4.78, 5) is 8.02.